The lowest BCUT2D eigenvalue weighted by atomic mass is 10.2. The average molecular weight is 369 g/mol. The molecular formula is C17H25ClN4O3. The fraction of sp³-hybridized carbons (Fsp3) is 0.412. The van der Waals surface area contributed by atoms with Crippen LogP contribution in [0, 0.1) is 0 Å². The molecule has 25 heavy (non-hydrogen) atoms. The fourth-order valence-electron chi connectivity index (χ4n) is 2.02. The highest BCUT2D eigenvalue weighted by atomic mass is 35.5. The Morgan fingerprint density at radius 3 is 2.04 bits per heavy atom. The maximum absolute atomic E-state index is 6.02. The molecule has 2 N–H and O–H groups in total. The second-order valence-corrected chi connectivity index (χ2v) is 4.86. The zero-order valence-corrected chi connectivity index (χ0v) is 16.2. The number of nitrogens with one attached hydrogen (secondary N) is 2. The van der Waals surface area contributed by atoms with Gasteiger partial charge >= 0.3 is 0 Å². The van der Waals surface area contributed by atoms with Crippen LogP contribution in [0.3, 0.4) is 0 Å². The minimum absolute atomic E-state index is 0.339. The summed E-state index contributed by atoms with van der Waals surface area (Å²) in [4.78, 5) is 8.44. The van der Waals surface area contributed by atoms with Gasteiger partial charge in [0.2, 0.25) is 11.7 Å². The van der Waals surface area contributed by atoms with Crippen LogP contribution in [0.5, 0.6) is 17.2 Å². The van der Waals surface area contributed by atoms with Crippen LogP contribution in [0.1, 0.15) is 20.8 Å². The molecule has 1 heterocycles. The van der Waals surface area contributed by atoms with Gasteiger partial charge in [0.15, 0.2) is 11.5 Å². The minimum Gasteiger partial charge on any atom is -0.493 e. The van der Waals surface area contributed by atoms with Crippen molar-refractivity contribution in [1.82, 2.24) is 9.97 Å². The molecule has 0 saturated carbocycles. The first kappa shape index (κ1) is 20.6. The minimum atomic E-state index is 0.339. The molecule has 2 aromatic rings. The number of ether oxygens (including phenoxy) is 3. The molecule has 1 aromatic carbocycles. The molecule has 2 rings (SSSR count). The molecule has 0 atom stereocenters. The molecule has 0 saturated heterocycles. The predicted molar refractivity (Wildman–Crippen MR) is 102 cm³/mol. The summed E-state index contributed by atoms with van der Waals surface area (Å²) in [6.45, 7) is 6.65. The fourth-order valence-corrected chi connectivity index (χ4v) is 2.20. The first-order valence-corrected chi connectivity index (χ1v) is 8.34. The zero-order valence-electron chi connectivity index (χ0n) is 15.4. The van der Waals surface area contributed by atoms with E-state index in [0.29, 0.717) is 40.7 Å². The van der Waals surface area contributed by atoms with Crippen molar-refractivity contribution in [3.63, 3.8) is 0 Å². The Bertz CT molecular complexity index is 658. The Balaban J connectivity index is 0.00000151. The second kappa shape index (κ2) is 10.5. The van der Waals surface area contributed by atoms with E-state index in [-0.39, 0.29) is 0 Å². The van der Waals surface area contributed by atoms with Gasteiger partial charge in [-0.05, 0) is 6.92 Å². The van der Waals surface area contributed by atoms with Crippen LogP contribution in [-0.4, -0.2) is 37.8 Å². The van der Waals surface area contributed by atoms with E-state index >= 15 is 0 Å². The number of benzene rings is 1. The van der Waals surface area contributed by atoms with Crippen molar-refractivity contribution in [3.8, 4) is 17.2 Å². The van der Waals surface area contributed by atoms with Crippen molar-refractivity contribution in [2.24, 2.45) is 0 Å². The standard InChI is InChI=1S/C15H19ClN4O3.C2H6/c1-5-17-15-19-12(16)8-13(20-15)18-9-6-10(21-2)14(23-4)11(7-9)22-3;1-2/h6-8H,5H2,1-4H3,(H2,17,18,19,20);1-2H3. The maximum atomic E-state index is 6.02. The second-order valence-electron chi connectivity index (χ2n) is 4.47. The highest BCUT2D eigenvalue weighted by molar-refractivity contribution is 6.29. The molecular weight excluding hydrogens is 344 g/mol. The lowest BCUT2D eigenvalue weighted by molar-refractivity contribution is 0.324. The molecule has 0 radical (unpaired) electrons. The number of hydrogen-bond acceptors (Lipinski definition) is 7. The Hall–Kier alpha value is -2.41. The summed E-state index contributed by atoms with van der Waals surface area (Å²) < 4.78 is 16.0. The third kappa shape index (κ3) is 5.56. The van der Waals surface area contributed by atoms with Gasteiger partial charge in [-0.2, -0.15) is 4.98 Å². The highest BCUT2D eigenvalue weighted by Crippen LogP contribution is 2.40. The van der Waals surface area contributed by atoms with Crippen molar-refractivity contribution < 1.29 is 14.2 Å². The van der Waals surface area contributed by atoms with E-state index in [1.165, 1.54) is 0 Å². The van der Waals surface area contributed by atoms with Crippen LogP contribution in [0.15, 0.2) is 18.2 Å². The lowest BCUT2D eigenvalue weighted by Gasteiger charge is -2.15. The maximum Gasteiger partial charge on any atom is 0.226 e. The number of nitrogens with zero attached hydrogens (tertiary/aromatic N) is 2. The van der Waals surface area contributed by atoms with Crippen LogP contribution in [0.2, 0.25) is 5.15 Å². The van der Waals surface area contributed by atoms with Crippen molar-refractivity contribution in [2.75, 3.05) is 38.5 Å². The molecule has 0 bridgehead atoms. The van der Waals surface area contributed by atoms with Crippen LogP contribution in [0.25, 0.3) is 0 Å². The zero-order chi connectivity index (χ0) is 18.8. The quantitative estimate of drug-likeness (QED) is 0.703. The Kier molecular flexibility index (Phi) is 8.63. The molecule has 0 aliphatic carbocycles. The van der Waals surface area contributed by atoms with Crippen molar-refractivity contribution in [2.45, 2.75) is 20.8 Å². The number of methoxy groups -OCH3 is 3. The van der Waals surface area contributed by atoms with Crippen LogP contribution in [0.4, 0.5) is 17.5 Å². The molecule has 0 spiro atoms. The normalized spacial score (nSPS) is 9.56. The summed E-state index contributed by atoms with van der Waals surface area (Å²) in [6.07, 6.45) is 0. The van der Waals surface area contributed by atoms with Gasteiger partial charge < -0.3 is 24.8 Å². The molecule has 0 unspecified atom stereocenters. The molecule has 0 amide bonds. The summed E-state index contributed by atoms with van der Waals surface area (Å²) >= 11 is 6.02. The number of halogens is 1. The van der Waals surface area contributed by atoms with Gasteiger partial charge in [-0.15, -0.1) is 0 Å². The molecule has 1 aromatic heterocycles. The number of hydrogen-bond donors (Lipinski definition) is 2. The van der Waals surface area contributed by atoms with Gasteiger partial charge in [0.25, 0.3) is 0 Å². The summed E-state index contributed by atoms with van der Waals surface area (Å²) in [5.41, 5.74) is 0.719. The van der Waals surface area contributed by atoms with E-state index in [0.717, 1.165) is 5.69 Å². The highest BCUT2D eigenvalue weighted by Gasteiger charge is 2.14. The molecule has 0 aliphatic rings. The largest absolute Gasteiger partial charge is 0.493 e. The SMILES string of the molecule is CC.CCNc1nc(Cl)cc(Nc2cc(OC)c(OC)c(OC)c2)n1. The van der Waals surface area contributed by atoms with Gasteiger partial charge in [-0.25, -0.2) is 4.98 Å². The molecule has 0 aliphatic heterocycles. The van der Waals surface area contributed by atoms with E-state index in [4.69, 9.17) is 25.8 Å². The third-order valence-electron chi connectivity index (χ3n) is 2.97. The summed E-state index contributed by atoms with van der Waals surface area (Å²) in [6, 6.07) is 5.19. The van der Waals surface area contributed by atoms with Gasteiger partial charge in [-0.1, -0.05) is 25.4 Å². The Morgan fingerprint density at radius 1 is 0.960 bits per heavy atom. The summed E-state index contributed by atoms with van der Waals surface area (Å²) in [5.74, 6) is 2.61. The van der Waals surface area contributed by atoms with Gasteiger partial charge in [0.05, 0.1) is 21.3 Å². The van der Waals surface area contributed by atoms with Gasteiger partial charge in [-0.3, -0.25) is 0 Å². The van der Waals surface area contributed by atoms with E-state index in [2.05, 4.69) is 20.6 Å². The van der Waals surface area contributed by atoms with Crippen molar-refractivity contribution >= 4 is 29.1 Å². The van der Waals surface area contributed by atoms with Crippen molar-refractivity contribution in [3.05, 3.63) is 23.4 Å². The number of aromatic nitrogens is 2. The summed E-state index contributed by atoms with van der Waals surface area (Å²) in [5, 5.41) is 6.51. The summed E-state index contributed by atoms with van der Waals surface area (Å²) in [7, 11) is 4.68. The lowest BCUT2D eigenvalue weighted by Crippen LogP contribution is -2.04. The van der Waals surface area contributed by atoms with E-state index in [1.54, 1.807) is 39.5 Å². The number of anilines is 3. The molecule has 7 nitrogen and oxygen atoms in total. The average Bonchev–Trinajstić information content (AvgIpc) is 2.62. The first-order valence-electron chi connectivity index (χ1n) is 7.96. The Labute approximate surface area is 153 Å². The smallest absolute Gasteiger partial charge is 0.226 e. The van der Waals surface area contributed by atoms with Gasteiger partial charge in [0.1, 0.15) is 11.0 Å². The van der Waals surface area contributed by atoms with E-state index in [1.807, 2.05) is 20.8 Å². The van der Waals surface area contributed by atoms with E-state index in [9.17, 15) is 0 Å². The molecule has 138 valence electrons. The van der Waals surface area contributed by atoms with Crippen LogP contribution in [-0.2, 0) is 0 Å². The molecule has 8 heteroatoms. The van der Waals surface area contributed by atoms with Crippen LogP contribution < -0.4 is 24.8 Å². The predicted octanol–water partition coefficient (Wildman–Crippen LogP) is 4.36. The number of rotatable bonds is 7. The van der Waals surface area contributed by atoms with Gasteiger partial charge in [0, 0.05) is 30.4 Å². The van der Waals surface area contributed by atoms with Crippen LogP contribution >= 0.6 is 11.6 Å². The Morgan fingerprint density at radius 2 is 1.56 bits per heavy atom. The third-order valence-corrected chi connectivity index (χ3v) is 3.16. The first-order chi connectivity index (χ1) is 12.1. The molecule has 0 fully saturated rings. The van der Waals surface area contributed by atoms with E-state index < -0.39 is 0 Å². The topological polar surface area (TPSA) is 77.5 Å². The van der Waals surface area contributed by atoms with Crippen molar-refractivity contribution in [1.29, 1.82) is 0 Å². The monoisotopic (exact) mass is 368 g/mol.